The van der Waals surface area contributed by atoms with Crippen molar-refractivity contribution in [1.29, 1.82) is 0 Å². The first-order valence-electron chi connectivity index (χ1n) is 6.77. The van der Waals surface area contributed by atoms with Gasteiger partial charge in [-0.15, -0.1) is 18.1 Å². The molecule has 0 unspecified atom stereocenters. The van der Waals surface area contributed by atoms with Crippen molar-refractivity contribution in [3.8, 4) is 12.3 Å². The summed E-state index contributed by atoms with van der Waals surface area (Å²) in [5.41, 5.74) is 1.44. The molecule has 0 atom stereocenters. The fourth-order valence-corrected chi connectivity index (χ4v) is 1.58. The summed E-state index contributed by atoms with van der Waals surface area (Å²) in [6, 6.07) is 0. The van der Waals surface area contributed by atoms with Gasteiger partial charge < -0.3 is 9.47 Å². The van der Waals surface area contributed by atoms with Crippen molar-refractivity contribution in [3.05, 3.63) is 57.8 Å². The van der Waals surface area contributed by atoms with Gasteiger partial charge in [0.1, 0.15) is 0 Å². The van der Waals surface area contributed by atoms with Crippen molar-refractivity contribution in [3.63, 3.8) is 0 Å². The van der Waals surface area contributed by atoms with Crippen molar-refractivity contribution in [2.75, 3.05) is 14.2 Å². The van der Waals surface area contributed by atoms with Gasteiger partial charge >= 0.3 is 79.8 Å². The van der Waals surface area contributed by atoms with Gasteiger partial charge in [-0.2, -0.15) is 0 Å². The molecule has 0 spiro atoms. The third-order valence-electron chi connectivity index (χ3n) is 2.58. The maximum absolute atomic E-state index is 11.9. The van der Waals surface area contributed by atoms with Crippen LogP contribution in [0.5, 0.6) is 0 Å². The molecule has 32 heavy (non-hydrogen) atoms. The molecule has 0 saturated heterocycles. The standard InChI is InChI=1S/C14H18O4.6CO.2Co/c1-5-7-9-11-14(10-8-6-2,12(15)17-3)13(16)18-4;6*1-2;;/h2,5,9H,8,10-11H2,1,3-4H3;;;;;;;;. The average molecular weight is 536 g/mol. The van der Waals surface area contributed by atoms with E-state index in [-0.39, 0.29) is 52.8 Å². The van der Waals surface area contributed by atoms with Crippen molar-refractivity contribution in [1.82, 2.24) is 0 Å². The largest absolute Gasteiger partial charge is 0 e. The van der Waals surface area contributed by atoms with Gasteiger partial charge in [0.15, 0.2) is 5.41 Å². The SMILES string of the molecule is C#CCCC(CC=C=CC)(C(=O)OC)C(=O)OC.[C-]#[O+].[C-]#[O+].[C-]#[O+].[C-]#[O+].[C-]#[O+].[C-]#[O+].[Co].[Co]. The quantitative estimate of drug-likeness (QED) is 0.125. The van der Waals surface area contributed by atoms with E-state index in [9.17, 15) is 9.59 Å². The third kappa shape index (κ3) is 32.1. The van der Waals surface area contributed by atoms with E-state index in [4.69, 9.17) is 43.8 Å². The van der Waals surface area contributed by atoms with Crippen LogP contribution in [0, 0.1) is 57.7 Å². The number of hydrogen-bond donors (Lipinski definition) is 0. The molecule has 0 bridgehead atoms. The van der Waals surface area contributed by atoms with E-state index in [1.165, 1.54) is 14.2 Å². The molecule has 0 saturated carbocycles. The zero-order valence-corrected chi connectivity index (χ0v) is 19.2. The molecule has 0 aromatic rings. The number of methoxy groups -OCH3 is 2. The number of ether oxygens (including phenoxy) is 2. The van der Waals surface area contributed by atoms with Crippen LogP contribution in [0.2, 0.25) is 0 Å². The number of terminal acetylenes is 1. The van der Waals surface area contributed by atoms with Gasteiger partial charge in [0.05, 0.1) is 14.2 Å². The van der Waals surface area contributed by atoms with Crippen molar-refractivity contribution in [2.24, 2.45) is 5.41 Å². The van der Waals surface area contributed by atoms with Gasteiger partial charge in [-0.3, -0.25) is 9.59 Å². The summed E-state index contributed by atoms with van der Waals surface area (Å²) in [6.07, 6.45) is 9.09. The van der Waals surface area contributed by atoms with E-state index in [1.807, 2.05) is 0 Å². The molecule has 0 aromatic heterocycles. The van der Waals surface area contributed by atoms with Crippen LogP contribution in [0.3, 0.4) is 0 Å². The fourth-order valence-electron chi connectivity index (χ4n) is 1.58. The minimum Gasteiger partial charge on any atom is 0 e. The monoisotopic (exact) mass is 536 g/mol. The second kappa shape index (κ2) is 63.0. The maximum atomic E-state index is 11.9. The van der Waals surface area contributed by atoms with E-state index in [0.29, 0.717) is 0 Å². The van der Waals surface area contributed by atoms with E-state index < -0.39 is 17.4 Å². The van der Waals surface area contributed by atoms with Crippen LogP contribution in [0.4, 0.5) is 0 Å². The van der Waals surface area contributed by atoms with E-state index in [1.54, 1.807) is 19.1 Å². The van der Waals surface area contributed by atoms with Crippen LogP contribution in [0.25, 0.3) is 0 Å². The molecule has 0 aliphatic heterocycles. The number of hydrogen-bond acceptors (Lipinski definition) is 4. The molecule has 176 valence electrons. The summed E-state index contributed by atoms with van der Waals surface area (Å²) in [5, 5.41) is 0. The van der Waals surface area contributed by atoms with Gasteiger partial charge in [-0.05, 0) is 31.9 Å². The van der Waals surface area contributed by atoms with Gasteiger partial charge in [0, 0.05) is 40.0 Å². The summed E-state index contributed by atoms with van der Waals surface area (Å²) >= 11 is 0. The minimum absolute atomic E-state index is 0. The predicted octanol–water partition coefficient (Wildman–Crippen LogP) is 1.62. The van der Waals surface area contributed by atoms with Crippen LogP contribution in [-0.2, 0) is 80.5 Å². The molecule has 12 heteroatoms. The Morgan fingerprint density at radius 2 is 1.16 bits per heavy atom. The van der Waals surface area contributed by atoms with Crippen molar-refractivity contribution >= 4 is 11.9 Å². The number of esters is 2. The molecule has 0 rings (SSSR count). The Morgan fingerprint density at radius 3 is 1.38 bits per heavy atom. The average Bonchev–Trinajstić information content (AvgIpc) is 2.87. The molecular weight excluding hydrogens is 518 g/mol. The number of rotatable bonds is 6. The van der Waals surface area contributed by atoms with Gasteiger partial charge in [0.25, 0.3) is 0 Å². The van der Waals surface area contributed by atoms with Gasteiger partial charge in [0.2, 0.25) is 0 Å². The first kappa shape index (κ1) is 57.0. The van der Waals surface area contributed by atoms with Crippen LogP contribution < -0.4 is 0 Å². The van der Waals surface area contributed by atoms with Crippen molar-refractivity contribution in [2.45, 2.75) is 26.2 Å². The molecule has 0 heterocycles. The molecule has 2 radical (unpaired) electrons. The molecular formula is C20H18Co2O10. The first-order chi connectivity index (χ1) is 14.6. The van der Waals surface area contributed by atoms with E-state index in [2.05, 4.69) is 51.6 Å². The summed E-state index contributed by atoms with van der Waals surface area (Å²) in [4.78, 5) is 23.8. The van der Waals surface area contributed by atoms with Crippen molar-refractivity contribution < 1.29 is 80.5 Å². The van der Waals surface area contributed by atoms with Crippen LogP contribution in [0.15, 0.2) is 17.9 Å². The molecule has 0 amide bonds. The third-order valence-corrected chi connectivity index (χ3v) is 2.58. The Labute approximate surface area is 208 Å². The molecule has 0 aliphatic rings. The predicted molar refractivity (Wildman–Crippen MR) is 91.1 cm³/mol. The van der Waals surface area contributed by atoms with Gasteiger partial charge in [-0.1, -0.05) is 0 Å². The zero-order valence-electron chi connectivity index (χ0n) is 17.1. The number of allylic oxidation sites excluding steroid dienone is 1. The fraction of sp³-hybridized carbons (Fsp3) is 0.350. The van der Waals surface area contributed by atoms with Crippen LogP contribution in [0.1, 0.15) is 26.2 Å². The van der Waals surface area contributed by atoms with Crippen LogP contribution >= 0.6 is 0 Å². The first-order valence-corrected chi connectivity index (χ1v) is 6.77. The van der Waals surface area contributed by atoms with E-state index in [0.717, 1.165) is 0 Å². The Balaban J connectivity index is -0.0000000465. The number of carbonyl (C=O) groups is 2. The molecule has 10 nitrogen and oxygen atoms in total. The Morgan fingerprint density at radius 1 is 0.844 bits per heavy atom. The Hall–Kier alpha value is -2.53. The topological polar surface area (TPSA) is 172 Å². The second-order valence-corrected chi connectivity index (χ2v) is 3.63. The summed E-state index contributed by atoms with van der Waals surface area (Å²) in [5.74, 6) is 1.13. The Bertz CT molecular complexity index is 581. The van der Waals surface area contributed by atoms with Crippen LogP contribution in [-0.4, -0.2) is 26.2 Å². The normalized spacial score (nSPS) is 5.81. The maximum Gasteiger partial charge on any atom is 0 e. The summed E-state index contributed by atoms with van der Waals surface area (Å²) in [6.45, 7) is 28.8. The molecule has 0 N–H and O–H groups in total. The molecule has 0 fully saturated rings. The minimum atomic E-state index is -1.38. The number of carbonyl (C=O) groups excluding carboxylic acids is 2. The molecule has 0 aromatic carbocycles. The Kier molecular flexibility index (Phi) is 112. The molecule has 0 aliphatic carbocycles. The second-order valence-electron chi connectivity index (χ2n) is 3.63. The summed E-state index contributed by atoms with van der Waals surface area (Å²) < 4.78 is 54.4. The van der Waals surface area contributed by atoms with Gasteiger partial charge in [-0.25, -0.2) is 0 Å². The smallest absolute Gasteiger partial charge is 0 e. The zero-order chi connectivity index (χ0) is 26.0. The summed E-state index contributed by atoms with van der Waals surface area (Å²) in [7, 11) is 2.46. The van der Waals surface area contributed by atoms with E-state index >= 15 is 0 Å².